The standard InChI is InChI=1S/C21H34ClF9N2O/c1-5-8-11-33(12-9-6-2,16(22)10-7-3)14-32-17(34)13-15(4)18(23,24)19(25,26)20(27,28)21(29,30)31/h15-16H,5-14H2,1-4H3/p+1. The SMILES string of the molecule is CCCC[N+](CCCC)(CNC(=O)CC(C)C(F)(F)C(F)(F)C(F)(F)C(F)(F)F)C(Cl)CCC. The molecule has 2 unspecified atom stereocenters. The lowest BCUT2D eigenvalue weighted by molar-refractivity contribution is -0.941. The molecular formula is C21H35ClF9N2O+. The molecule has 0 aliphatic heterocycles. The normalized spacial score (nSPS) is 15.8. The van der Waals surface area contributed by atoms with Gasteiger partial charge in [0, 0.05) is 18.8 Å². The van der Waals surface area contributed by atoms with Crippen LogP contribution in [0.2, 0.25) is 0 Å². The third-order valence-corrected chi connectivity index (χ3v) is 6.54. The second kappa shape index (κ2) is 12.9. The molecule has 2 atom stereocenters. The monoisotopic (exact) mass is 537 g/mol. The van der Waals surface area contributed by atoms with Gasteiger partial charge in [-0.05, 0) is 19.3 Å². The lowest BCUT2D eigenvalue weighted by Gasteiger charge is -2.42. The third-order valence-electron chi connectivity index (χ3n) is 5.91. The van der Waals surface area contributed by atoms with E-state index >= 15 is 0 Å². The number of quaternary nitrogens is 1. The fourth-order valence-electron chi connectivity index (χ4n) is 3.53. The Balaban J connectivity index is 5.60. The summed E-state index contributed by atoms with van der Waals surface area (Å²) in [6, 6.07) is 0. The number of nitrogens with one attached hydrogen (secondary N) is 1. The van der Waals surface area contributed by atoms with E-state index in [1.54, 1.807) is 0 Å². The summed E-state index contributed by atoms with van der Waals surface area (Å²) in [5, 5.41) is 2.37. The summed E-state index contributed by atoms with van der Waals surface area (Å²) in [5.74, 6) is -23.5. The minimum atomic E-state index is -6.98. The van der Waals surface area contributed by atoms with E-state index in [2.05, 4.69) is 5.32 Å². The molecule has 204 valence electrons. The van der Waals surface area contributed by atoms with Crippen LogP contribution in [0.3, 0.4) is 0 Å². The first kappa shape index (κ1) is 33.1. The predicted molar refractivity (Wildman–Crippen MR) is 112 cm³/mol. The van der Waals surface area contributed by atoms with Crippen LogP contribution >= 0.6 is 11.6 Å². The molecule has 0 aliphatic carbocycles. The Hall–Kier alpha value is -0.910. The number of rotatable bonds is 16. The summed E-state index contributed by atoms with van der Waals surface area (Å²) in [6.07, 6.45) is -3.88. The number of alkyl halides is 10. The van der Waals surface area contributed by atoms with Gasteiger partial charge in [-0.1, -0.05) is 52.1 Å². The Labute approximate surface area is 200 Å². The molecule has 0 spiro atoms. The molecule has 0 radical (unpaired) electrons. The molecule has 0 fully saturated rings. The van der Waals surface area contributed by atoms with Crippen LogP contribution in [0.5, 0.6) is 0 Å². The smallest absolute Gasteiger partial charge is 0.309 e. The van der Waals surface area contributed by atoms with Gasteiger partial charge in [-0.15, -0.1) is 0 Å². The summed E-state index contributed by atoms with van der Waals surface area (Å²) < 4.78 is 119. The van der Waals surface area contributed by atoms with Gasteiger partial charge in [-0.3, -0.25) is 9.28 Å². The van der Waals surface area contributed by atoms with E-state index in [4.69, 9.17) is 11.6 Å². The molecule has 13 heteroatoms. The maximum atomic E-state index is 14.1. The van der Waals surface area contributed by atoms with Crippen LogP contribution in [0, 0.1) is 5.92 Å². The molecule has 1 N–H and O–H groups in total. The molecule has 0 heterocycles. The molecular weight excluding hydrogens is 503 g/mol. The van der Waals surface area contributed by atoms with Gasteiger partial charge in [0.15, 0.2) is 12.2 Å². The highest BCUT2D eigenvalue weighted by Gasteiger charge is 2.82. The zero-order valence-electron chi connectivity index (χ0n) is 19.9. The summed E-state index contributed by atoms with van der Waals surface area (Å²) >= 11 is 6.60. The van der Waals surface area contributed by atoms with E-state index in [0.717, 1.165) is 32.1 Å². The number of unbranched alkanes of at least 4 members (excludes halogenated alkanes) is 2. The Morgan fingerprint density at radius 1 is 0.853 bits per heavy atom. The number of nitrogens with zero attached hydrogens (tertiary/aromatic N) is 1. The van der Waals surface area contributed by atoms with Crippen molar-refractivity contribution in [1.29, 1.82) is 0 Å². The molecule has 0 aromatic rings. The van der Waals surface area contributed by atoms with E-state index < -0.39 is 47.7 Å². The quantitative estimate of drug-likeness (QED) is 0.0721. The number of hydrogen-bond donors (Lipinski definition) is 1. The third kappa shape index (κ3) is 7.54. The van der Waals surface area contributed by atoms with E-state index in [-0.39, 0.29) is 11.2 Å². The largest absolute Gasteiger partial charge is 0.460 e. The van der Waals surface area contributed by atoms with E-state index in [0.29, 0.717) is 26.4 Å². The molecule has 0 aromatic heterocycles. The highest BCUT2D eigenvalue weighted by atomic mass is 35.5. The molecule has 1 amide bonds. The fraction of sp³-hybridized carbons (Fsp3) is 0.952. The van der Waals surface area contributed by atoms with Gasteiger partial charge < -0.3 is 5.32 Å². The average molecular weight is 538 g/mol. The van der Waals surface area contributed by atoms with Crippen molar-refractivity contribution in [2.75, 3.05) is 19.8 Å². The minimum Gasteiger partial charge on any atom is -0.309 e. The van der Waals surface area contributed by atoms with Crippen LogP contribution in [-0.4, -0.2) is 59.6 Å². The summed E-state index contributed by atoms with van der Waals surface area (Å²) in [7, 11) is 0. The van der Waals surface area contributed by atoms with Crippen LogP contribution in [0.4, 0.5) is 39.5 Å². The summed E-state index contributed by atoms with van der Waals surface area (Å²) in [6.45, 7) is 7.10. The molecule has 0 saturated carbocycles. The molecule has 34 heavy (non-hydrogen) atoms. The van der Waals surface area contributed by atoms with E-state index in [1.165, 1.54) is 0 Å². The highest BCUT2D eigenvalue weighted by Crippen LogP contribution is 2.55. The number of carbonyl (C=O) groups is 1. The highest BCUT2D eigenvalue weighted by molar-refractivity contribution is 6.19. The van der Waals surface area contributed by atoms with Crippen molar-refractivity contribution < 1.29 is 48.8 Å². The van der Waals surface area contributed by atoms with Gasteiger partial charge in [0.25, 0.3) is 0 Å². The van der Waals surface area contributed by atoms with Gasteiger partial charge in [0.1, 0.15) is 0 Å². The van der Waals surface area contributed by atoms with Crippen LogP contribution in [-0.2, 0) is 4.79 Å². The number of amides is 1. The average Bonchev–Trinajstić information content (AvgIpc) is 2.72. The van der Waals surface area contributed by atoms with Gasteiger partial charge in [-0.2, -0.15) is 39.5 Å². The number of carbonyl (C=O) groups excluding carboxylic acids is 1. The maximum absolute atomic E-state index is 14.1. The lowest BCUT2D eigenvalue weighted by atomic mass is 9.90. The molecule has 0 aromatic carbocycles. The van der Waals surface area contributed by atoms with Gasteiger partial charge in [0.05, 0.1) is 13.1 Å². The zero-order chi connectivity index (χ0) is 27.0. The summed E-state index contributed by atoms with van der Waals surface area (Å²) in [5.41, 5.74) is -0.433. The topological polar surface area (TPSA) is 29.1 Å². The number of hydrogen-bond acceptors (Lipinski definition) is 1. The molecule has 0 rings (SSSR count). The van der Waals surface area contributed by atoms with Gasteiger partial charge in [-0.25, -0.2) is 0 Å². The predicted octanol–water partition coefficient (Wildman–Crippen LogP) is 7.34. The molecule has 0 aliphatic rings. The molecule has 0 saturated heterocycles. The Morgan fingerprint density at radius 3 is 1.71 bits per heavy atom. The van der Waals surface area contributed by atoms with Gasteiger partial charge in [0.2, 0.25) is 5.91 Å². The second-order valence-electron chi connectivity index (χ2n) is 8.73. The van der Waals surface area contributed by atoms with Crippen molar-refractivity contribution in [2.24, 2.45) is 5.92 Å². The Bertz CT molecular complexity index is 622. The molecule has 3 nitrogen and oxygen atoms in total. The Kier molecular flexibility index (Phi) is 12.5. The first-order valence-electron chi connectivity index (χ1n) is 11.3. The van der Waals surface area contributed by atoms with Crippen LogP contribution < -0.4 is 5.32 Å². The maximum Gasteiger partial charge on any atom is 0.460 e. The molecule has 0 bridgehead atoms. The second-order valence-corrected chi connectivity index (χ2v) is 9.23. The van der Waals surface area contributed by atoms with Crippen molar-refractivity contribution in [3.8, 4) is 0 Å². The minimum absolute atomic E-state index is 0.111. The zero-order valence-corrected chi connectivity index (χ0v) is 20.6. The van der Waals surface area contributed by atoms with E-state index in [9.17, 15) is 44.3 Å². The van der Waals surface area contributed by atoms with Crippen LogP contribution in [0.15, 0.2) is 0 Å². The van der Waals surface area contributed by atoms with Crippen molar-refractivity contribution in [3.05, 3.63) is 0 Å². The van der Waals surface area contributed by atoms with Crippen molar-refractivity contribution in [1.82, 2.24) is 5.32 Å². The van der Waals surface area contributed by atoms with Crippen LogP contribution in [0.25, 0.3) is 0 Å². The van der Waals surface area contributed by atoms with Crippen molar-refractivity contribution in [2.45, 2.75) is 102 Å². The van der Waals surface area contributed by atoms with E-state index in [1.807, 2.05) is 20.8 Å². The Morgan fingerprint density at radius 2 is 1.32 bits per heavy atom. The summed E-state index contributed by atoms with van der Waals surface area (Å²) in [4.78, 5) is 12.3. The van der Waals surface area contributed by atoms with Crippen LogP contribution in [0.1, 0.15) is 72.6 Å². The first-order valence-corrected chi connectivity index (χ1v) is 11.8. The number of halogens is 10. The lowest BCUT2D eigenvalue weighted by Crippen LogP contribution is -2.63. The van der Waals surface area contributed by atoms with Gasteiger partial charge >= 0.3 is 23.9 Å². The first-order chi connectivity index (χ1) is 15.4. The van der Waals surface area contributed by atoms with Crippen molar-refractivity contribution >= 4 is 17.5 Å². The fourth-order valence-corrected chi connectivity index (χ4v) is 4.01. The van der Waals surface area contributed by atoms with Crippen molar-refractivity contribution in [3.63, 3.8) is 0 Å².